The van der Waals surface area contributed by atoms with Crippen molar-refractivity contribution in [2.75, 3.05) is 0 Å². The third-order valence-corrected chi connectivity index (χ3v) is 5.97. The van der Waals surface area contributed by atoms with Crippen molar-refractivity contribution in [2.45, 2.75) is 17.7 Å². The number of rotatable bonds is 5. The van der Waals surface area contributed by atoms with E-state index in [4.69, 9.17) is 9.52 Å². The Morgan fingerprint density at radius 2 is 2.20 bits per heavy atom. The molecule has 0 bridgehead atoms. The monoisotopic (exact) mass is 379 g/mol. The second-order valence-corrected chi connectivity index (χ2v) is 8.33. The van der Waals surface area contributed by atoms with Gasteiger partial charge in [-0.05, 0) is 41.1 Å². The van der Waals surface area contributed by atoms with Gasteiger partial charge < -0.3 is 9.52 Å². The summed E-state index contributed by atoms with van der Waals surface area (Å²) in [4.78, 5) is 10.9. The van der Waals surface area contributed by atoms with Crippen LogP contribution in [0.15, 0.2) is 30.6 Å². The van der Waals surface area contributed by atoms with E-state index in [-0.39, 0.29) is 27.8 Å². The summed E-state index contributed by atoms with van der Waals surface area (Å²) in [6.45, 7) is 1.41. The van der Waals surface area contributed by atoms with Crippen LogP contribution in [-0.2, 0) is 16.6 Å². The van der Waals surface area contributed by atoms with Crippen molar-refractivity contribution in [3.05, 3.63) is 39.1 Å². The van der Waals surface area contributed by atoms with Crippen LogP contribution in [0.4, 0.5) is 0 Å². The average Bonchev–Trinajstić information content (AvgIpc) is 2.93. The maximum absolute atomic E-state index is 12.0. The quantitative estimate of drug-likeness (QED) is 0.831. The first-order chi connectivity index (χ1) is 9.29. The number of furan rings is 1. The fourth-order valence-corrected chi connectivity index (χ4v) is 4.57. The summed E-state index contributed by atoms with van der Waals surface area (Å²) in [6.07, 6.45) is 0. The van der Waals surface area contributed by atoms with Crippen molar-refractivity contribution in [1.29, 1.82) is 0 Å². The van der Waals surface area contributed by atoms with Gasteiger partial charge in [-0.3, -0.25) is 0 Å². The first-order valence-corrected chi connectivity index (χ1v) is 8.46. The molecule has 2 rings (SSSR count). The van der Waals surface area contributed by atoms with Crippen LogP contribution in [0.3, 0.4) is 0 Å². The van der Waals surface area contributed by atoms with Crippen LogP contribution in [0.5, 0.6) is 0 Å². The number of halogens is 1. The van der Waals surface area contributed by atoms with Gasteiger partial charge in [0.05, 0.1) is 10.3 Å². The fraction of sp³-hybridized carbons (Fsp3) is 0.182. The van der Waals surface area contributed by atoms with Crippen molar-refractivity contribution < 1.29 is 22.7 Å². The Morgan fingerprint density at radius 1 is 1.50 bits per heavy atom. The van der Waals surface area contributed by atoms with Gasteiger partial charge in [0.1, 0.15) is 21.3 Å². The highest BCUT2D eigenvalue weighted by atomic mass is 79.9. The second-order valence-electron chi connectivity index (χ2n) is 3.87. The van der Waals surface area contributed by atoms with Gasteiger partial charge in [-0.25, -0.2) is 17.9 Å². The van der Waals surface area contributed by atoms with Gasteiger partial charge in [0.2, 0.25) is 10.0 Å². The van der Waals surface area contributed by atoms with E-state index in [1.165, 1.54) is 19.1 Å². The minimum atomic E-state index is -3.63. The standard InChI is InChI=1S/C11H10BrNO5S2/c1-6-8(11(14)15)4-7(18-6)5-13-20(16,17)10-3-2-9(12)19-10/h2-4,13H,5H2,1H3,(H,14,15). The Balaban J connectivity index is 2.12. The van der Waals surface area contributed by atoms with Crippen LogP contribution in [0.25, 0.3) is 0 Å². The molecule has 9 heteroatoms. The van der Waals surface area contributed by atoms with Crippen molar-refractivity contribution >= 4 is 43.3 Å². The van der Waals surface area contributed by atoms with Crippen molar-refractivity contribution in [3.63, 3.8) is 0 Å². The Labute approximate surface area is 127 Å². The van der Waals surface area contributed by atoms with Crippen LogP contribution < -0.4 is 4.72 Å². The van der Waals surface area contributed by atoms with Crippen LogP contribution in [0.1, 0.15) is 21.9 Å². The lowest BCUT2D eigenvalue weighted by molar-refractivity contribution is 0.0695. The highest BCUT2D eigenvalue weighted by Crippen LogP contribution is 2.26. The zero-order chi connectivity index (χ0) is 14.9. The van der Waals surface area contributed by atoms with Crippen molar-refractivity contribution in [3.8, 4) is 0 Å². The Hall–Kier alpha value is -1.16. The third-order valence-electron chi connectivity index (χ3n) is 2.45. The van der Waals surface area contributed by atoms with Gasteiger partial charge in [0, 0.05) is 0 Å². The van der Waals surface area contributed by atoms with Gasteiger partial charge in [0.25, 0.3) is 0 Å². The van der Waals surface area contributed by atoms with Crippen LogP contribution >= 0.6 is 27.3 Å². The van der Waals surface area contributed by atoms with E-state index in [0.717, 1.165) is 11.3 Å². The number of sulfonamides is 1. The van der Waals surface area contributed by atoms with E-state index in [1.54, 1.807) is 6.07 Å². The summed E-state index contributed by atoms with van der Waals surface area (Å²) < 4.78 is 32.4. The van der Waals surface area contributed by atoms with E-state index in [2.05, 4.69) is 20.7 Å². The smallest absolute Gasteiger partial charge is 0.339 e. The maximum Gasteiger partial charge on any atom is 0.339 e. The molecule has 0 fully saturated rings. The molecule has 6 nitrogen and oxygen atoms in total. The van der Waals surface area contributed by atoms with Crippen molar-refractivity contribution in [2.24, 2.45) is 0 Å². The molecule has 0 radical (unpaired) electrons. The van der Waals surface area contributed by atoms with Crippen LogP contribution in [0, 0.1) is 6.92 Å². The number of hydrogen-bond donors (Lipinski definition) is 2. The number of hydrogen-bond acceptors (Lipinski definition) is 5. The third kappa shape index (κ3) is 3.29. The molecule has 0 unspecified atom stereocenters. The van der Waals surface area contributed by atoms with Gasteiger partial charge in [-0.2, -0.15) is 0 Å². The Morgan fingerprint density at radius 3 is 2.70 bits per heavy atom. The molecule has 0 aromatic carbocycles. The summed E-state index contributed by atoms with van der Waals surface area (Å²) >= 11 is 4.28. The minimum absolute atomic E-state index is 0.0260. The molecular weight excluding hydrogens is 370 g/mol. The molecule has 2 aromatic heterocycles. The fourth-order valence-electron chi connectivity index (χ4n) is 1.52. The number of carboxylic acids is 1. The molecule has 2 aromatic rings. The molecule has 0 aliphatic rings. The van der Waals surface area contributed by atoms with Gasteiger partial charge in [-0.1, -0.05) is 0 Å². The molecule has 0 aliphatic heterocycles. The average molecular weight is 380 g/mol. The van der Waals surface area contributed by atoms with E-state index < -0.39 is 16.0 Å². The van der Waals surface area contributed by atoms with E-state index >= 15 is 0 Å². The number of nitrogens with one attached hydrogen (secondary N) is 1. The molecule has 2 heterocycles. The molecule has 0 saturated carbocycles. The summed E-state index contributed by atoms with van der Waals surface area (Å²) in [7, 11) is -3.63. The Kier molecular flexibility index (Phi) is 4.33. The number of carboxylic acid groups (broad SMARTS) is 1. The van der Waals surface area contributed by atoms with Gasteiger partial charge in [-0.15, -0.1) is 11.3 Å². The number of aromatic carboxylic acids is 1. The Bertz CT molecular complexity index is 747. The summed E-state index contributed by atoms with van der Waals surface area (Å²) in [5.74, 6) is -0.618. The zero-order valence-corrected chi connectivity index (χ0v) is 13.4. The molecule has 0 saturated heterocycles. The SMILES string of the molecule is Cc1oc(CNS(=O)(=O)c2ccc(Br)s2)cc1C(=O)O. The zero-order valence-electron chi connectivity index (χ0n) is 10.2. The highest BCUT2D eigenvalue weighted by Gasteiger charge is 2.19. The first-order valence-electron chi connectivity index (χ1n) is 5.37. The van der Waals surface area contributed by atoms with E-state index in [9.17, 15) is 13.2 Å². The first kappa shape index (κ1) is 15.2. The molecule has 108 valence electrons. The normalized spacial score (nSPS) is 11.7. The lowest BCUT2D eigenvalue weighted by Crippen LogP contribution is -2.22. The van der Waals surface area contributed by atoms with E-state index in [0.29, 0.717) is 3.79 Å². The minimum Gasteiger partial charge on any atom is -0.478 e. The number of aryl methyl sites for hydroxylation is 1. The van der Waals surface area contributed by atoms with Crippen LogP contribution in [0.2, 0.25) is 0 Å². The number of thiophene rings is 1. The lowest BCUT2D eigenvalue weighted by Gasteiger charge is -2.02. The molecule has 20 heavy (non-hydrogen) atoms. The molecule has 2 N–H and O–H groups in total. The van der Waals surface area contributed by atoms with Crippen molar-refractivity contribution in [1.82, 2.24) is 4.72 Å². The summed E-state index contributed by atoms with van der Waals surface area (Å²) in [5.41, 5.74) is 0.0260. The molecule has 0 amide bonds. The highest BCUT2D eigenvalue weighted by molar-refractivity contribution is 9.11. The topological polar surface area (TPSA) is 96.6 Å². The lowest BCUT2D eigenvalue weighted by atomic mass is 10.2. The largest absolute Gasteiger partial charge is 0.478 e. The van der Waals surface area contributed by atoms with Gasteiger partial charge in [0.15, 0.2) is 0 Å². The molecule has 0 aliphatic carbocycles. The molecule has 0 spiro atoms. The predicted molar refractivity (Wildman–Crippen MR) is 76.4 cm³/mol. The summed E-state index contributed by atoms with van der Waals surface area (Å²) in [5, 5.41) is 8.89. The number of carbonyl (C=O) groups is 1. The van der Waals surface area contributed by atoms with Crippen LogP contribution in [-0.4, -0.2) is 19.5 Å². The second kappa shape index (κ2) is 5.68. The molecular formula is C11H10BrNO5S2. The van der Waals surface area contributed by atoms with E-state index in [1.807, 2.05) is 0 Å². The summed E-state index contributed by atoms with van der Waals surface area (Å²) in [6, 6.07) is 4.43. The predicted octanol–water partition coefficient (Wildman–Crippen LogP) is 2.59. The molecule has 0 atom stereocenters. The maximum atomic E-state index is 12.0. The van der Waals surface area contributed by atoms with Gasteiger partial charge >= 0.3 is 5.97 Å².